The van der Waals surface area contributed by atoms with Crippen molar-refractivity contribution in [1.82, 2.24) is 0 Å². The minimum Gasteiger partial charge on any atom is -0.507 e. The van der Waals surface area contributed by atoms with Gasteiger partial charge in [0, 0.05) is 11.1 Å². The smallest absolute Gasteiger partial charge is 0.339 e. The Hall–Kier alpha value is -2.29. The summed E-state index contributed by atoms with van der Waals surface area (Å²) in [5.74, 6) is -0.266. The number of carbonyl (C=O) groups excluding carboxylic acids is 1. The van der Waals surface area contributed by atoms with E-state index < -0.39 is 5.97 Å². The summed E-state index contributed by atoms with van der Waals surface area (Å²) in [5.41, 5.74) is 3.45. The molecule has 1 N–H and O–H groups in total. The molecule has 2 rings (SSSR count). The van der Waals surface area contributed by atoms with E-state index in [4.69, 9.17) is 4.74 Å². The summed E-state index contributed by atoms with van der Waals surface area (Å²) < 4.78 is 5.25. The Balaban J connectivity index is 2.54. The van der Waals surface area contributed by atoms with E-state index in [0.29, 0.717) is 11.1 Å². The zero-order valence-electron chi connectivity index (χ0n) is 12.8. The summed E-state index contributed by atoms with van der Waals surface area (Å²) in [7, 11) is 0. The molecule has 0 unspecified atom stereocenters. The molecule has 0 aliphatic carbocycles. The topological polar surface area (TPSA) is 46.5 Å². The molecular formula is C18H20O3. The van der Waals surface area contributed by atoms with Crippen molar-refractivity contribution in [3.63, 3.8) is 0 Å². The van der Waals surface area contributed by atoms with Crippen molar-refractivity contribution < 1.29 is 14.6 Å². The molecule has 0 fully saturated rings. The zero-order chi connectivity index (χ0) is 15.6. The summed E-state index contributed by atoms with van der Waals surface area (Å²) in [4.78, 5) is 12.2. The van der Waals surface area contributed by atoms with E-state index in [0.717, 1.165) is 16.7 Å². The molecule has 0 saturated heterocycles. The van der Waals surface area contributed by atoms with Crippen molar-refractivity contribution in [3.8, 4) is 16.9 Å². The number of rotatable bonds is 3. The Bertz CT molecular complexity index is 658. The van der Waals surface area contributed by atoms with Crippen LogP contribution in [0.3, 0.4) is 0 Å². The van der Waals surface area contributed by atoms with Gasteiger partial charge in [-0.2, -0.15) is 0 Å². The van der Waals surface area contributed by atoms with Gasteiger partial charge in [0.2, 0.25) is 0 Å². The van der Waals surface area contributed by atoms with Gasteiger partial charge in [-0.15, -0.1) is 0 Å². The van der Waals surface area contributed by atoms with E-state index in [1.165, 1.54) is 0 Å². The lowest BCUT2D eigenvalue weighted by Gasteiger charge is -2.16. The third kappa shape index (κ3) is 3.07. The quantitative estimate of drug-likeness (QED) is 0.857. The van der Waals surface area contributed by atoms with Crippen molar-refractivity contribution in [2.24, 2.45) is 0 Å². The predicted molar refractivity (Wildman–Crippen MR) is 83.6 cm³/mol. The summed E-state index contributed by atoms with van der Waals surface area (Å²) in [6.07, 6.45) is -0.188. The molecule has 0 aliphatic heterocycles. The van der Waals surface area contributed by atoms with Crippen molar-refractivity contribution in [2.75, 3.05) is 0 Å². The highest BCUT2D eigenvalue weighted by molar-refractivity contribution is 5.95. The molecule has 0 aliphatic rings. The molecule has 0 spiro atoms. The predicted octanol–water partition coefficient (Wildman–Crippen LogP) is 4.24. The number of aryl methyl sites for hydroxylation is 1. The SMILES string of the molecule is Cc1cc(-c2ccccc2)c(O)c(C)c1C(=O)OC(C)C. The first kappa shape index (κ1) is 15.1. The maximum Gasteiger partial charge on any atom is 0.339 e. The van der Waals surface area contributed by atoms with Gasteiger partial charge in [-0.1, -0.05) is 30.3 Å². The van der Waals surface area contributed by atoms with E-state index in [1.807, 2.05) is 43.3 Å². The molecule has 0 aromatic heterocycles. The molecule has 2 aromatic rings. The molecule has 3 heteroatoms. The van der Waals surface area contributed by atoms with Gasteiger partial charge < -0.3 is 9.84 Å². The van der Waals surface area contributed by atoms with Gasteiger partial charge in [0.1, 0.15) is 5.75 Å². The van der Waals surface area contributed by atoms with Gasteiger partial charge in [0.05, 0.1) is 11.7 Å². The molecule has 0 atom stereocenters. The van der Waals surface area contributed by atoms with Gasteiger partial charge >= 0.3 is 5.97 Å². The van der Waals surface area contributed by atoms with Crippen LogP contribution in [0.1, 0.15) is 35.3 Å². The van der Waals surface area contributed by atoms with Crippen LogP contribution in [-0.2, 0) is 4.74 Å². The second-order valence-electron chi connectivity index (χ2n) is 5.41. The minimum absolute atomic E-state index is 0.127. The summed E-state index contributed by atoms with van der Waals surface area (Å²) >= 11 is 0. The molecule has 0 amide bonds. The van der Waals surface area contributed by atoms with Crippen LogP contribution in [0.15, 0.2) is 36.4 Å². The van der Waals surface area contributed by atoms with Crippen LogP contribution < -0.4 is 0 Å². The molecule has 0 heterocycles. The summed E-state index contributed by atoms with van der Waals surface area (Å²) in [6, 6.07) is 11.4. The lowest BCUT2D eigenvalue weighted by atomic mass is 9.94. The Morgan fingerprint density at radius 3 is 2.33 bits per heavy atom. The number of hydrogen-bond acceptors (Lipinski definition) is 3. The molecular weight excluding hydrogens is 264 g/mol. The molecule has 0 bridgehead atoms. The fraction of sp³-hybridized carbons (Fsp3) is 0.278. The second kappa shape index (κ2) is 6.00. The molecule has 21 heavy (non-hydrogen) atoms. The van der Waals surface area contributed by atoms with Crippen LogP contribution in [0.2, 0.25) is 0 Å². The molecule has 3 nitrogen and oxygen atoms in total. The minimum atomic E-state index is -0.394. The highest BCUT2D eigenvalue weighted by Gasteiger charge is 2.20. The summed E-state index contributed by atoms with van der Waals surface area (Å²) in [6.45, 7) is 7.21. The van der Waals surface area contributed by atoms with E-state index in [2.05, 4.69) is 0 Å². The van der Waals surface area contributed by atoms with E-state index in [1.54, 1.807) is 20.8 Å². The largest absolute Gasteiger partial charge is 0.507 e. The molecule has 2 aromatic carbocycles. The third-order valence-corrected chi connectivity index (χ3v) is 3.37. The number of benzene rings is 2. The lowest BCUT2D eigenvalue weighted by Crippen LogP contribution is -2.14. The summed E-state index contributed by atoms with van der Waals surface area (Å²) in [5, 5.41) is 10.4. The fourth-order valence-corrected chi connectivity index (χ4v) is 2.40. The fourth-order valence-electron chi connectivity index (χ4n) is 2.40. The van der Waals surface area contributed by atoms with Crippen LogP contribution in [0.25, 0.3) is 11.1 Å². The number of carbonyl (C=O) groups is 1. The Labute approximate surface area is 125 Å². The number of hydrogen-bond donors (Lipinski definition) is 1. The third-order valence-electron chi connectivity index (χ3n) is 3.37. The van der Waals surface area contributed by atoms with Crippen molar-refractivity contribution in [2.45, 2.75) is 33.8 Å². The highest BCUT2D eigenvalue weighted by Crippen LogP contribution is 2.36. The number of ether oxygens (including phenoxy) is 1. The Morgan fingerprint density at radius 2 is 1.76 bits per heavy atom. The first-order valence-electron chi connectivity index (χ1n) is 7.01. The van der Waals surface area contributed by atoms with Gasteiger partial charge in [-0.25, -0.2) is 4.79 Å². The highest BCUT2D eigenvalue weighted by atomic mass is 16.5. The van der Waals surface area contributed by atoms with Gasteiger partial charge in [-0.3, -0.25) is 0 Å². The van der Waals surface area contributed by atoms with Crippen molar-refractivity contribution >= 4 is 5.97 Å². The average molecular weight is 284 g/mol. The first-order chi connectivity index (χ1) is 9.91. The van der Waals surface area contributed by atoms with Crippen LogP contribution in [0.4, 0.5) is 0 Å². The van der Waals surface area contributed by atoms with E-state index in [9.17, 15) is 9.90 Å². The molecule has 110 valence electrons. The lowest BCUT2D eigenvalue weighted by molar-refractivity contribution is 0.0375. The van der Waals surface area contributed by atoms with Crippen LogP contribution in [-0.4, -0.2) is 17.2 Å². The molecule has 0 saturated carbocycles. The maximum absolute atomic E-state index is 12.2. The van der Waals surface area contributed by atoms with Gasteiger partial charge in [-0.05, 0) is 44.9 Å². The standard InChI is InChI=1S/C18H20O3/c1-11(2)21-18(20)16-12(3)10-15(17(19)13(16)4)14-8-6-5-7-9-14/h5-11,19H,1-4H3. The number of phenols is 1. The van der Waals surface area contributed by atoms with E-state index >= 15 is 0 Å². The van der Waals surface area contributed by atoms with Crippen molar-refractivity contribution in [3.05, 3.63) is 53.1 Å². The monoisotopic (exact) mass is 284 g/mol. The van der Waals surface area contributed by atoms with Gasteiger partial charge in [0.15, 0.2) is 0 Å². The second-order valence-corrected chi connectivity index (χ2v) is 5.41. The Morgan fingerprint density at radius 1 is 1.14 bits per heavy atom. The zero-order valence-corrected chi connectivity index (χ0v) is 12.8. The number of esters is 1. The van der Waals surface area contributed by atoms with E-state index in [-0.39, 0.29) is 11.9 Å². The van der Waals surface area contributed by atoms with Gasteiger partial charge in [0.25, 0.3) is 0 Å². The average Bonchev–Trinajstić information content (AvgIpc) is 2.43. The van der Waals surface area contributed by atoms with Crippen LogP contribution >= 0.6 is 0 Å². The first-order valence-corrected chi connectivity index (χ1v) is 7.01. The van der Waals surface area contributed by atoms with Crippen LogP contribution in [0.5, 0.6) is 5.75 Å². The normalized spacial score (nSPS) is 10.7. The van der Waals surface area contributed by atoms with Crippen molar-refractivity contribution in [1.29, 1.82) is 0 Å². The van der Waals surface area contributed by atoms with Crippen LogP contribution in [0, 0.1) is 13.8 Å². The number of phenolic OH excluding ortho intramolecular Hbond substituents is 1. The maximum atomic E-state index is 12.2. The molecule has 0 radical (unpaired) electrons. The Kier molecular flexibility index (Phi) is 4.32. The number of aromatic hydroxyl groups is 1.